The lowest BCUT2D eigenvalue weighted by Gasteiger charge is -2.13. The maximum absolute atomic E-state index is 12.0. The Hall–Kier alpha value is -2.30. The highest BCUT2D eigenvalue weighted by Crippen LogP contribution is 2.20. The number of carbonyl (C=O) groups excluding carboxylic acids is 1. The van der Waals surface area contributed by atoms with Crippen molar-refractivity contribution < 1.29 is 9.32 Å². The Morgan fingerprint density at radius 3 is 2.55 bits per heavy atom. The van der Waals surface area contributed by atoms with Crippen LogP contribution in [0.4, 0.5) is 5.69 Å². The first kappa shape index (κ1) is 14.1. The standard InChI is InChI=1S/C15H19N3O2/c1-9(15-10(2)18-20-11(15)3)17-14(19)8-12-4-6-13(16)7-5-12/h4-7,9H,8,16H2,1-3H3,(H,17,19). The molecular weight excluding hydrogens is 254 g/mol. The zero-order valence-corrected chi connectivity index (χ0v) is 11.9. The molecule has 2 aromatic rings. The topological polar surface area (TPSA) is 81.2 Å². The molecule has 20 heavy (non-hydrogen) atoms. The van der Waals surface area contributed by atoms with E-state index < -0.39 is 0 Å². The molecule has 0 saturated carbocycles. The second kappa shape index (κ2) is 5.77. The third-order valence-corrected chi connectivity index (χ3v) is 3.24. The summed E-state index contributed by atoms with van der Waals surface area (Å²) in [6.45, 7) is 5.64. The number of aryl methyl sites for hydroxylation is 2. The van der Waals surface area contributed by atoms with Crippen molar-refractivity contribution in [2.45, 2.75) is 33.2 Å². The Balaban J connectivity index is 1.99. The van der Waals surface area contributed by atoms with Crippen molar-refractivity contribution in [3.8, 4) is 0 Å². The van der Waals surface area contributed by atoms with E-state index in [2.05, 4.69) is 10.5 Å². The van der Waals surface area contributed by atoms with Gasteiger partial charge in [-0.3, -0.25) is 4.79 Å². The number of nitrogen functional groups attached to an aromatic ring is 1. The second-order valence-electron chi connectivity index (χ2n) is 4.95. The molecule has 1 atom stereocenters. The second-order valence-corrected chi connectivity index (χ2v) is 4.95. The first-order valence-corrected chi connectivity index (χ1v) is 6.54. The minimum Gasteiger partial charge on any atom is -0.399 e. The molecule has 0 bridgehead atoms. The molecule has 0 aliphatic heterocycles. The predicted molar refractivity (Wildman–Crippen MR) is 77.1 cm³/mol. The fraction of sp³-hybridized carbons (Fsp3) is 0.333. The number of nitrogens with two attached hydrogens (primary N) is 1. The van der Waals surface area contributed by atoms with E-state index in [9.17, 15) is 4.79 Å². The van der Waals surface area contributed by atoms with Crippen LogP contribution in [0.5, 0.6) is 0 Å². The number of benzene rings is 1. The Morgan fingerprint density at radius 2 is 2.00 bits per heavy atom. The van der Waals surface area contributed by atoms with Crippen molar-refractivity contribution in [1.82, 2.24) is 10.5 Å². The van der Waals surface area contributed by atoms with E-state index >= 15 is 0 Å². The SMILES string of the molecule is Cc1noc(C)c1C(C)NC(=O)Cc1ccc(N)cc1. The van der Waals surface area contributed by atoms with Crippen molar-refractivity contribution in [1.29, 1.82) is 0 Å². The minimum atomic E-state index is -0.123. The fourth-order valence-electron chi connectivity index (χ4n) is 2.29. The molecule has 0 aliphatic carbocycles. The molecule has 0 spiro atoms. The predicted octanol–water partition coefficient (Wildman–Crippen LogP) is 2.29. The zero-order valence-electron chi connectivity index (χ0n) is 11.9. The molecule has 1 aromatic heterocycles. The summed E-state index contributed by atoms with van der Waals surface area (Å²) in [6.07, 6.45) is 0.327. The van der Waals surface area contributed by atoms with Crippen LogP contribution < -0.4 is 11.1 Å². The van der Waals surface area contributed by atoms with Crippen LogP contribution in [0.2, 0.25) is 0 Å². The average molecular weight is 273 g/mol. The Morgan fingerprint density at radius 1 is 1.35 bits per heavy atom. The fourth-order valence-corrected chi connectivity index (χ4v) is 2.29. The van der Waals surface area contributed by atoms with Crippen molar-refractivity contribution >= 4 is 11.6 Å². The van der Waals surface area contributed by atoms with Gasteiger partial charge in [-0.15, -0.1) is 0 Å². The molecule has 5 nitrogen and oxygen atoms in total. The molecule has 0 aliphatic rings. The minimum absolute atomic E-state index is 0.0396. The van der Waals surface area contributed by atoms with E-state index in [-0.39, 0.29) is 11.9 Å². The van der Waals surface area contributed by atoms with E-state index in [1.54, 1.807) is 12.1 Å². The van der Waals surface area contributed by atoms with E-state index in [0.29, 0.717) is 12.1 Å². The summed E-state index contributed by atoms with van der Waals surface area (Å²) in [5.41, 5.74) is 8.99. The van der Waals surface area contributed by atoms with Crippen LogP contribution >= 0.6 is 0 Å². The largest absolute Gasteiger partial charge is 0.399 e. The molecule has 0 saturated heterocycles. The van der Waals surface area contributed by atoms with Crippen molar-refractivity contribution in [3.63, 3.8) is 0 Å². The van der Waals surface area contributed by atoms with Crippen LogP contribution in [-0.4, -0.2) is 11.1 Å². The number of anilines is 1. The van der Waals surface area contributed by atoms with Crippen LogP contribution in [0.3, 0.4) is 0 Å². The normalized spacial score (nSPS) is 12.2. The van der Waals surface area contributed by atoms with Crippen molar-refractivity contribution in [2.24, 2.45) is 0 Å². The Bertz CT molecular complexity index is 583. The molecule has 0 radical (unpaired) electrons. The summed E-state index contributed by atoms with van der Waals surface area (Å²) in [5.74, 6) is 0.699. The monoisotopic (exact) mass is 273 g/mol. The highest BCUT2D eigenvalue weighted by molar-refractivity contribution is 5.79. The molecule has 3 N–H and O–H groups in total. The lowest BCUT2D eigenvalue weighted by atomic mass is 10.1. The highest BCUT2D eigenvalue weighted by atomic mass is 16.5. The maximum Gasteiger partial charge on any atom is 0.224 e. The number of nitrogens with zero attached hydrogens (tertiary/aromatic N) is 1. The number of carbonyl (C=O) groups is 1. The van der Waals surface area contributed by atoms with Crippen LogP contribution in [-0.2, 0) is 11.2 Å². The van der Waals surface area contributed by atoms with Gasteiger partial charge in [0.2, 0.25) is 5.91 Å². The van der Waals surface area contributed by atoms with Gasteiger partial charge >= 0.3 is 0 Å². The molecule has 1 heterocycles. The number of rotatable bonds is 4. The lowest BCUT2D eigenvalue weighted by Crippen LogP contribution is -2.28. The van der Waals surface area contributed by atoms with Gasteiger partial charge in [-0.05, 0) is 38.5 Å². The molecule has 2 rings (SSSR count). The Kier molecular flexibility index (Phi) is 4.08. The van der Waals surface area contributed by atoms with Gasteiger partial charge in [-0.2, -0.15) is 0 Å². The van der Waals surface area contributed by atoms with Gasteiger partial charge in [0.15, 0.2) is 0 Å². The van der Waals surface area contributed by atoms with E-state index in [1.165, 1.54) is 0 Å². The number of hydrogen-bond donors (Lipinski definition) is 2. The summed E-state index contributed by atoms with van der Waals surface area (Å²) < 4.78 is 5.11. The molecule has 106 valence electrons. The van der Waals surface area contributed by atoms with E-state index in [4.69, 9.17) is 10.3 Å². The number of amides is 1. The first-order valence-electron chi connectivity index (χ1n) is 6.54. The average Bonchev–Trinajstić information content (AvgIpc) is 2.72. The molecule has 5 heteroatoms. The van der Waals surface area contributed by atoms with Gasteiger partial charge in [-0.25, -0.2) is 0 Å². The van der Waals surface area contributed by atoms with Gasteiger partial charge in [0.25, 0.3) is 0 Å². The molecular formula is C15H19N3O2. The summed E-state index contributed by atoms with van der Waals surface area (Å²) in [7, 11) is 0. The van der Waals surface area contributed by atoms with E-state index in [0.717, 1.165) is 22.6 Å². The lowest BCUT2D eigenvalue weighted by molar-refractivity contribution is -0.121. The zero-order chi connectivity index (χ0) is 14.7. The first-order chi connectivity index (χ1) is 9.47. The van der Waals surface area contributed by atoms with Crippen LogP contribution in [0.25, 0.3) is 0 Å². The van der Waals surface area contributed by atoms with Crippen molar-refractivity contribution in [3.05, 3.63) is 46.8 Å². The summed E-state index contributed by atoms with van der Waals surface area (Å²) in [5, 5.41) is 6.85. The number of hydrogen-bond acceptors (Lipinski definition) is 4. The molecule has 1 amide bonds. The van der Waals surface area contributed by atoms with Gasteiger partial charge < -0.3 is 15.6 Å². The number of aromatic nitrogens is 1. The summed E-state index contributed by atoms with van der Waals surface area (Å²) in [4.78, 5) is 12.0. The van der Waals surface area contributed by atoms with Crippen molar-refractivity contribution in [2.75, 3.05) is 5.73 Å². The van der Waals surface area contributed by atoms with Crippen LogP contribution in [0.1, 0.15) is 35.5 Å². The van der Waals surface area contributed by atoms with Crippen LogP contribution in [0.15, 0.2) is 28.8 Å². The van der Waals surface area contributed by atoms with Gasteiger partial charge in [-0.1, -0.05) is 17.3 Å². The van der Waals surface area contributed by atoms with E-state index in [1.807, 2.05) is 32.9 Å². The number of nitrogens with one attached hydrogen (secondary N) is 1. The smallest absolute Gasteiger partial charge is 0.224 e. The Labute approximate surface area is 118 Å². The maximum atomic E-state index is 12.0. The summed E-state index contributed by atoms with van der Waals surface area (Å²) in [6, 6.07) is 7.17. The summed E-state index contributed by atoms with van der Waals surface area (Å²) >= 11 is 0. The van der Waals surface area contributed by atoms with Gasteiger partial charge in [0.05, 0.1) is 18.2 Å². The third kappa shape index (κ3) is 3.17. The third-order valence-electron chi connectivity index (χ3n) is 3.24. The van der Waals surface area contributed by atoms with Crippen LogP contribution in [0, 0.1) is 13.8 Å². The molecule has 1 aromatic carbocycles. The highest BCUT2D eigenvalue weighted by Gasteiger charge is 2.18. The molecule has 0 fully saturated rings. The quantitative estimate of drug-likeness (QED) is 0.837. The molecule has 1 unspecified atom stereocenters. The van der Waals surface area contributed by atoms with Gasteiger partial charge in [0.1, 0.15) is 5.76 Å². The van der Waals surface area contributed by atoms with Gasteiger partial charge in [0, 0.05) is 11.3 Å².